The third-order valence-corrected chi connectivity index (χ3v) is 5.02. The Bertz CT molecular complexity index is 967. The molecule has 1 N–H and O–H groups in total. The third kappa shape index (κ3) is 2.11. The van der Waals surface area contributed by atoms with Gasteiger partial charge in [-0.3, -0.25) is 9.79 Å². The number of amidine groups is 1. The molecule has 2 aliphatic rings. The molecule has 1 aliphatic heterocycles. The van der Waals surface area contributed by atoms with Crippen molar-refractivity contribution in [2.75, 3.05) is 7.05 Å². The van der Waals surface area contributed by atoms with Crippen LogP contribution in [0.3, 0.4) is 0 Å². The number of rotatable bonds is 0. The number of alkyl halides is 3. The molecule has 4 nitrogen and oxygen atoms in total. The maximum absolute atomic E-state index is 14.2. The Morgan fingerprint density at radius 2 is 2.00 bits per heavy atom. The lowest BCUT2D eigenvalue weighted by atomic mass is 9.73. The number of benzene rings is 1. The minimum absolute atomic E-state index is 0.0268. The second-order valence-electron chi connectivity index (χ2n) is 6.29. The van der Waals surface area contributed by atoms with E-state index in [0.717, 1.165) is 6.07 Å². The van der Waals surface area contributed by atoms with Crippen LogP contribution >= 0.6 is 0 Å². The van der Waals surface area contributed by atoms with Gasteiger partial charge in [-0.1, -0.05) is 12.1 Å². The third-order valence-electron chi connectivity index (χ3n) is 5.02. The highest BCUT2D eigenvalue weighted by Gasteiger charge is 2.53. The highest BCUT2D eigenvalue weighted by Crippen LogP contribution is 2.47. The van der Waals surface area contributed by atoms with Crippen LogP contribution in [0.1, 0.15) is 34.5 Å². The second kappa shape index (κ2) is 5.36. The average molecular weight is 363 g/mol. The predicted octanol–water partition coefficient (Wildman–Crippen LogP) is 2.98. The van der Waals surface area contributed by atoms with Gasteiger partial charge in [0.25, 0.3) is 0 Å². The molecular weight excluding hydrogens is 350 g/mol. The van der Waals surface area contributed by atoms with Crippen LogP contribution in [0.25, 0.3) is 0 Å². The normalized spacial score (nSPS) is 23.1. The molecule has 1 aromatic carbocycles. The Kier molecular flexibility index (Phi) is 3.44. The van der Waals surface area contributed by atoms with E-state index < -0.39 is 29.0 Å². The van der Waals surface area contributed by atoms with E-state index in [1.54, 1.807) is 6.07 Å². The van der Waals surface area contributed by atoms with Crippen molar-refractivity contribution in [3.8, 4) is 0 Å². The molecule has 1 unspecified atom stereocenters. The number of carbonyl (C=O) groups excluding carboxylic acids is 1. The number of carbonyl (C=O) groups is 1. The number of aliphatic imine (C=N–C) groups is 1. The Morgan fingerprint density at radius 3 is 2.69 bits per heavy atom. The molecule has 1 atom stereocenters. The number of amides is 1. The van der Waals surface area contributed by atoms with E-state index in [9.17, 15) is 22.4 Å². The van der Waals surface area contributed by atoms with E-state index in [1.807, 2.05) is 0 Å². The fourth-order valence-electron chi connectivity index (χ4n) is 3.84. The first-order valence-electron chi connectivity index (χ1n) is 7.94. The largest absolute Gasteiger partial charge is 0.433 e. The van der Waals surface area contributed by atoms with Crippen molar-refractivity contribution < 1.29 is 22.4 Å². The molecule has 0 radical (unpaired) electrons. The lowest BCUT2D eigenvalue weighted by molar-refractivity contribution is -0.141. The number of fused-ring (bicyclic) bond motifs is 4. The van der Waals surface area contributed by atoms with Gasteiger partial charge in [-0.15, -0.1) is 0 Å². The highest BCUT2D eigenvalue weighted by atomic mass is 19.4. The SMILES string of the molecule is CN=C1NC(=O)C2(CCc3c(F)cccc32)c2nc(C(F)(F)F)ccc21. The van der Waals surface area contributed by atoms with Crippen LogP contribution in [-0.2, 0) is 22.8 Å². The van der Waals surface area contributed by atoms with Crippen LogP contribution in [0.5, 0.6) is 0 Å². The van der Waals surface area contributed by atoms with E-state index in [4.69, 9.17) is 0 Å². The van der Waals surface area contributed by atoms with Crippen LogP contribution in [-0.4, -0.2) is 23.8 Å². The van der Waals surface area contributed by atoms with Gasteiger partial charge in [0.05, 0.1) is 5.69 Å². The number of halogens is 4. The van der Waals surface area contributed by atoms with Gasteiger partial charge in [-0.2, -0.15) is 13.2 Å². The zero-order chi connectivity index (χ0) is 18.7. The molecule has 1 spiro atoms. The number of aromatic nitrogens is 1. The second-order valence-corrected chi connectivity index (χ2v) is 6.29. The minimum atomic E-state index is -4.66. The van der Waals surface area contributed by atoms with Crippen molar-refractivity contribution in [3.05, 3.63) is 64.2 Å². The minimum Gasteiger partial charge on any atom is -0.309 e. The fourth-order valence-corrected chi connectivity index (χ4v) is 3.84. The number of nitrogens with one attached hydrogen (secondary N) is 1. The molecular formula is C18H13F4N3O. The van der Waals surface area contributed by atoms with Crippen LogP contribution in [0.2, 0.25) is 0 Å². The van der Waals surface area contributed by atoms with Gasteiger partial charge in [-0.05, 0) is 42.2 Å². The zero-order valence-corrected chi connectivity index (χ0v) is 13.6. The number of nitrogens with zero attached hydrogens (tertiary/aromatic N) is 2. The summed E-state index contributed by atoms with van der Waals surface area (Å²) in [5.74, 6) is -0.862. The molecule has 4 rings (SSSR count). The van der Waals surface area contributed by atoms with Gasteiger partial charge < -0.3 is 5.32 Å². The summed E-state index contributed by atoms with van der Waals surface area (Å²) in [6, 6.07) is 6.41. The molecule has 2 aromatic rings. The summed E-state index contributed by atoms with van der Waals surface area (Å²) in [4.78, 5) is 20.7. The van der Waals surface area contributed by atoms with Crippen molar-refractivity contribution in [1.29, 1.82) is 0 Å². The molecule has 8 heteroatoms. The molecule has 134 valence electrons. The summed E-state index contributed by atoms with van der Waals surface area (Å²) in [6.45, 7) is 0. The van der Waals surface area contributed by atoms with Gasteiger partial charge in [0.15, 0.2) is 0 Å². The molecule has 2 heterocycles. The van der Waals surface area contributed by atoms with Crippen LogP contribution < -0.4 is 5.32 Å². The monoisotopic (exact) mass is 363 g/mol. The molecule has 0 bridgehead atoms. The maximum Gasteiger partial charge on any atom is 0.433 e. The quantitative estimate of drug-likeness (QED) is 0.732. The predicted molar refractivity (Wildman–Crippen MR) is 85.3 cm³/mol. The molecule has 26 heavy (non-hydrogen) atoms. The van der Waals surface area contributed by atoms with E-state index in [-0.39, 0.29) is 24.4 Å². The summed E-state index contributed by atoms with van der Waals surface area (Å²) in [5, 5.41) is 2.64. The van der Waals surface area contributed by atoms with Gasteiger partial charge in [0, 0.05) is 12.6 Å². The van der Waals surface area contributed by atoms with Crippen molar-refractivity contribution in [2.24, 2.45) is 4.99 Å². The summed E-state index contributed by atoms with van der Waals surface area (Å²) in [7, 11) is 1.43. The first-order chi connectivity index (χ1) is 12.3. The molecule has 0 fully saturated rings. The van der Waals surface area contributed by atoms with Gasteiger partial charge in [0.2, 0.25) is 5.91 Å². The van der Waals surface area contributed by atoms with Crippen molar-refractivity contribution in [1.82, 2.24) is 10.3 Å². The Hall–Kier alpha value is -2.77. The summed E-state index contributed by atoms with van der Waals surface area (Å²) < 4.78 is 53.8. The smallest absolute Gasteiger partial charge is 0.309 e. The van der Waals surface area contributed by atoms with Gasteiger partial charge in [-0.25, -0.2) is 9.37 Å². The van der Waals surface area contributed by atoms with E-state index in [1.165, 1.54) is 25.2 Å². The molecule has 1 amide bonds. The zero-order valence-electron chi connectivity index (χ0n) is 13.6. The topological polar surface area (TPSA) is 54.4 Å². The van der Waals surface area contributed by atoms with Gasteiger partial charge in [0.1, 0.15) is 22.8 Å². The van der Waals surface area contributed by atoms with Gasteiger partial charge >= 0.3 is 6.18 Å². The van der Waals surface area contributed by atoms with Crippen LogP contribution in [0.15, 0.2) is 35.3 Å². The number of hydrogen-bond donors (Lipinski definition) is 1. The lowest BCUT2D eigenvalue weighted by Crippen LogP contribution is -2.52. The Labute approximate surface area is 146 Å². The highest BCUT2D eigenvalue weighted by molar-refractivity contribution is 6.16. The summed E-state index contributed by atoms with van der Waals surface area (Å²) in [5.41, 5.74) is -1.56. The lowest BCUT2D eigenvalue weighted by Gasteiger charge is -2.35. The Balaban J connectivity index is 2.05. The molecule has 0 saturated carbocycles. The van der Waals surface area contributed by atoms with Crippen molar-refractivity contribution in [3.63, 3.8) is 0 Å². The maximum atomic E-state index is 14.2. The molecule has 1 aliphatic carbocycles. The Morgan fingerprint density at radius 1 is 1.23 bits per heavy atom. The average Bonchev–Trinajstić information content (AvgIpc) is 2.99. The van der Waals surface area contributed by atoms with E-state index >= 15 is 0 Å². The molecule has 1 aromatic heterocycles. The number of hydrogen-bond acceptors (Lipinski definition) is 3. The number of pyridine rings is 1. The fraction of sp³-hybridized carbons (Fsp3) is 0.278. The van der Waals surface area contributed by atoms with Crippen molar-refractivity contribution >= 4 is 11.7 Å². The standard InChI is InChI=1S/C18H13F4N3O/c1-23-15-10-5-6-13(18(20,21)22)24-14(10)17(16(26)25-15)8-7-9-11(17)3-2-4-12(9)19/h2-6H,7-8H2,1H3,(H,23,25,26). The first kappa shape index (κ1) is 16.7. The summed E-state index contributed by atoms with van der Waals surface area (Å²) in [6.07, 6.45) is -4.27. The van der Waals surface area contributed by atoms with Crippen molar-refractivity contribution in [2.45, 2.75) is 24.4 Å². The van der Waals surface area contributed by atoms with E-state index in [2.05, 4.69) is 15.3 Å². The first-order valence-corrected chi connectivity index (χ1v) is 7.94. The molecule has 0 saturated heterocycles. The summed E-state index contributed by atoms with van der Waals surface area (Å²) >= 11 is 0. The van der Waals surface area contributed by atoms with Crippen LogP contribution in [0.4, 0.5) is 17.6 Å². The van der Waals surface area contributed by atoms with E-state index in [0.29, 0.717) is 16.7 Å². The van der Waals surface area contributed by atoms with Crippen LogP contribution in [0, 0.1) is 5.82 Å².